The van der Waals surface area contributed by atoms with Gasteiger partial charge in [-0.3, -0.25) is 4.74 Å². The number of carbonyl (C=O) groups excluding carboxylic acids is 1. The van der Waals surface area contributed by atoms with Gasteiger partial charge in [0.1, 0.15) is 0 Å². The summed E-state index contributed by atoms with van der Waals surface area (Å²) >= 11 is 0. The summed E-state index contributed by atoms with van der Waals surface area (Å²) in [6, 6.07) is 0. The van der Waals surface area contributed by atoms with E-state index >= 15 is 0 Å². The Hall–Kier alpha value is -1.33. The molecule has 0 unspecified atom stereocenters. The van der Waals surface area contributed by atoms with Gasteiger partial charge >= 0.3 is 5.97 Å². The molecule has 1 spiro atoms. The van der Waals surface area contributed by atoms with E-state index in [0.29, 0.717) is 11.3 Å². The second kappa shape index (κ2) is 3.58. The third-order valence-electron chi connectivity index (χ3n) is 3.52. The minimum atomic E-state index is -1.34. The highest BCUT2D eigenvalue weighted by Gasteiger charge is 2.62. The Bertz CT molecular complexity index is 413. The SMILES string of the molecule is C=C1[C@H](C)[C@](C)(OC)O[C@@]12OC(=O)C=C2OC. The lowest BCUT2D eigenvalue weighted by Crippen LogP contribution is -2.38. The van der Waals surface area contributed by atoms with Gasteiger partial charge in [0.25, 0.3) is 5.79 Å². The Morgan fingerprint density at radius 3 is 2.59 bits per heavy atom. The van der Waals surface area contributed by atoms with E-state index in [1.54, 1.807) is 6.92 Å². The van der Waals surface area contributed by atoms with Gasteiger partial charge in [0.15, 0.2) is 11.5 Å². The molecule has 5 nitrogen and oxygen atoms in total. The number of hydrogen-bond donors (Lipinski definition) is 0. The van der Waals surface area contributed by atoms with Crippen LogP contribution in [0.5, 0.6) is 0 Å². The maximum Gasteiger partial charge on any atom is 0.337 e. The second-order valence-corrected chi connectivity index (χ2v) is 4.32. The van der Waals surface area contributed by atoms with Crippen molar-refractivity contribution in [2.75, 3.05) is 14.2 Å². The van der Waals surface area contributed by atoms with Crippen LogP contribution in [0.3, 0.4) is 0 Å². The fourth-order valence-corrected chi connectivity index (χ4v) is 2.17. The molecule has 2 heterocycles. The van der Waals surface area contributed by atoms with Crippen molar-refractivity contribution in [3.8, 4) is 0 Å². The summed E-state index contributed by atoms with van der Waals surface area (Å²) < 4.78 is 21.5. The van der Waals surface area contributed by atoms with Crippen molar-refractivity contribution in [2.24, 2.45) is 5.92 Å². The van der Waals surface area contributed by atoms with E-state index in [1.807, 2.05) is 6.92 Å². The van der Waals surface area contributed by atoms with Gasteiger partial charge in [0, 0.05) is 18.6 Å². The molecule has 1 fully saturated rings. The smallest absolute Gasteiger partial charge is 0.337 e. The zero-order chi connectivity index (χ0) is 12.8. The molecular weight excluding hydrogens is 224 g/mol. The van der Waals surface area contributed by atoms with Crippen molar-refractivity contribution < 1.29 is 23.7 Å². The van der Waals surface area contributed by atoms with Gasteiger partial charge in [-0.15, -0.1) is 0 Å². The summed E-state index contributed by atoms with van der Waals surface area (Å²) in [7, 11) is 3.00. The molecule has 2 aliphatic heterocycles. The normalized spacial score (nSPS) is 40.7. The zero-order valence-corrected chi connectivity index (χ0v) is 10.4. The number of hydrogen-bond acceptors (Lipinski definition) is 5. The number of rotatable bonds is 2. The molecular formula is C12H16O5. The standard InChI is InChI=1S/C12H16O5/c1-7-8(2)12(17-11(7,3)15-5)9(14-4)6-10(13)16-12/h6-7H,2H2,1,3-5H3/t7-,11+,12-/m0/s1. The molecule has 2 aliphatic rings. The van der Waals surface area contributed by atoms with Crippen LogP contribution in [0.2, 0.25) is 0 Å². The third kappa shape index (κ3) is 1.42. The van der Waals surface area contributed by atoms with E-state index in [-0.39, 0.29) is 5.92 Å². The van der Waals surface area contributed by atoms with Crippen LogP contribution < -0.4 is 0 Å². The molecule has 0 amide bonds. The molecule has 0 aliphatic carbocycles. The second-order valence-electron chi connectivity index (χ2n) is 4.32. The summed E-state index contributed by atoms with van der Waals surface area (Å²) in [6.07, 6.45) is 1.26. The maximum absolute atomic E-state index is 11.4. The van der Waals surface area contributed by atoms with Gasteiger partial charge in [-0.1, -0.05) is 13.5 Å². The van der Waals surface area contributed by atoms with Crippen molar-refractivity contribution in [1.29, 1.82) is 0 Å². The van der Waals surface area contributed by atoms with Crippen LogP contribution in [-0.4, -0.2) is 31.8 Å². The van der Waals surface area contributed by atoms with Crippen molar-refractivity contribution >= 4 is 5.97 Å². The topological polar surface area (TPSA) is 54.0 Å². The predicted octanol–water partition coefficient (Wildman–Crippen LogP) is 1.35. The van der Waals surface area contributed by atoms with Crippen molar-refractivity contribution in [2.45, 2.75) is 25.4 Å². The van der Waals surface area contributed by atoms with Crippen LogP contribution in [-0.2, 0) is 23.7 Å². The highest BCUT2D eigenvalue weighted by molar-refractivity contribution is 5.86. The first-order valence-electron chi connectivity index (χ1n) is 5.33. The summed E-state index contributed by atoms with van der Waals surface area (Å²) in [5.41, 5.74) is 0.612. The Balaban J connectivity index is 2.45. The minimum absolute atomic E-state index is 0.128. The van der Waals surface area contributed by atoms with Gasteiger partial charge in [-0.05, 0) is 6.92 Å². The molecule has 94 valence electrons. The lowest BCUT2D eigenvalue weighted by molar-refractivity contribution is -0.287. The van der Waals surface area contributed by atoms with E-state index in [2.05, 4.69) is 6.58 Å². The van der Waals surface area contributed by atoms with Crippen LogP contribution in [0.1, 0.15) is 13.8 Å². The summed E-state index contributed by atoms with van der Waals surface area (Å²) in [5, 5.41) is 0. The molecule has 2 rings (SSSR count). The Kier molecular flexibility index (Phi) is 2.56. The predicted molar refractivity (Wildman–Crippen MR) is 58.7 cm³/mol. The summed E-state index contributed by atoms with van der Waals surface area (Å²) in [5.74, 6) is -2.55. The highest BCUT2D eigenvalue weighted by Crippen LogP contribution is 2.52. The van der Waals surface area contributed by atoms with Crippen molar-refractivity contribution in [3.05, 3.63) is 24.0 Å². The van der Waals surface area contributed by atoms with E-state index < -0.39 is 17.5 Å². The van der Waals surface area contributed by atoms with Crippen LogP contribution in [0.4, 0.5) is 0 Å². The highest BCUT2D eigenvalue weighted by atomic mass is 16.8. The van der Waals surface area contributed by atoms with E-state index in [4.69, 9.17) is 18.9 Å². The molecule has 0 aromatic heterocycles. The van der Waals surface area contributed by atoms with Crippen LogP contribution in [0.15, 0.2) is 24.0 Å². The first-order chi connectivity index (χ1) is 7.89. The Morgan fingerprint density at radius 1 is 1.47 bits per heavy atom. The molecule has 0 bridgehead atoms. The first kappa shape index (κ1) is 12.1. The molecule has 1 saturated heterocycles. The molecule has 0 aromatic carbocycles. The van der Waals surface area contributed by atoms with E-state index in [0.717, 1.165) is 0 Å². The average molecular weight is 240 g/mol. The lowest BCUT2D eigenvalue weighted by Gasteiger charge is -2.29. The van der Waals surface area contributed by atoms with Crippen LogP contribution in [0.25, 0.3) is 0 Å². The van der Waals surface area contributed by atoms with Crippen LogP contribution in [0, 0.1) is 5.92 Å². The fourth-order valence-electron chi connectivity index (χ4n) is 2.17. The zero-order valence-electron chi connectivity index (χ0n) is 10.4. The van der Waals surface area contributed by atoms with Crippen molar-refractivity contribution in [3.63, 3.8) is 0 Å². The Morgan fingerprint density at radius 2 is 2.12 bits per heavy atom. The van der Waals surface area contributed by atoms with Gasteiger partial charge in [-0.25, -0.2) is 4.79 Å². The van der Waals surface area contributed by atoms with Gasteiger partial charge < -0.3 is 14.2 Å². The number of esters is 1. The van der Waals surface area contributed by atoms with Gasteiger partial charge in [0.2, 0.25) is 0 Å². The van der Waals surface area contributed by atoms with Gasteiger partial charge in [-0.2, -0.15) is 0 Å². The van der Waals surface area contributed by atoms with E-state index in [1.165, 1.54) is 20.3 Å². The summed E-state index contributed by atoms with van der Waals surface area (Å²) in [4.78, 5) is 11.4. The number of carbonyl (C=O) groups is 1. The van der Waals surface area contributed by atoms with Crippen molar-refractivity contribution in [1.82, 2.24) is 0 Å². The lowest BCUT2D eigenvalue weighted by atomic mass is 9.92. The molecule has 0 saturated carbocycles. The largest absolute Gasteiger partial charge is 0.494 e. The third-order valence-corrected chi connectivity index (χ3v) is 3.52. The number of methoxy groups -OCH3 is 2. The van der Waals surface area contributed by atoms with E-state index in [9.17, 15) is 4.79 Å². The molecule has 0 aromatic rings. The molecule has 0 N–H and O–H groups in total. The molecule has 3 atom stereocenters. The number of ether oxygens (including phenoxy) is 4. The molecule has 5 heteroatoms. The monoisotopic (exact) mass is 240 g/mol. The summed E-state index contributed by atoms with van der Waals surface area (Å²) in [6.45, 7) is 7.62. The fraction of sp³-hybridized carbons (Fsp3) is 0.583. The molecule has 0 radical (unpaired) electrons. The quantitative estimate of drug-likeness (QED) is 0.538. The van der Waals surface area contributed by atoms with Gasteiger partial charge in [0.05, 0.1) is 13.2 Å². The average Bonchev–Trinajstić information content (AvgIpc) is 2.71. The maximum atomic E-state index is 11.4. The minimum Gasteiger partial charge on any atom is -0.494 e. The van der Waals surface area contributed by atoms with Crippen LogP contribution >= 0.6 is 0 Å². The Labute approximate surface area is 100.0 Å². The molecule has 17 heavy (non-hydrogen) atoms. The first-order valence-corrected chi connectivity index (χ1v) is 5.33.